The van der Waals surface area contributed by atoms with Crippen molar-refractivity contribution in [2.75, 3.05) is 17.2 Å². The maximum atomic E-state index is 13.1. The van der Waals surface area contributed by atoms with Crippen molar-refractivity contribution in [2.24, 2.45) is 5.92 Å². The second kappa shape index (κ2) is 8.30. The van der Waals surface area contributed by atoms with Crippen LogP contribution in [0.5, 0.6) is 0 Å². The largest absolute Gasteiger partial charge is 0.417 e. The van der Waals surface area contributed by atoms with Crippen molar-refractivity contribution in [2.45, 2.75) is 31.9 Å². The first-order chi connectivity index (χ1) is 13.4. The minimum atomic E-state index is -4.69. The number of nitrogens with one attached hydrogen (secondary N) is 2. The fraction of sp³-hybridized carbons (Fsp3) is 0.350. The van der Waals surface area contributed by atoms with Crippen LogP contribution in [-0.4, -0.2) is 17.4 Å². The summed E-state index contributed by atoms with van der Waals surface area (Å²) in [5.41, 5.74) is -1.37. The van der Waals surface area contributed by atoms with Crippen molar-refractivity contribution < 1.29 is 18.0 Å². The van der Waals surface area contributed by atoms with Gasteiger partial charge in [0.25, 0.3) is 5.91 Å². The van der Waals surface area contributed by atoms with E-state index in [1.165, 1.54) is 25.0 Å². The molecule has 0 bridgehead atoms. The van der Waals surface area contributed by atoms with E-state index in [9.17, 15) is 18.0 Å². The maximum Gasteiger partial charge on any atom is 0.417 e. The number of aromatic nitrogens is 1. The third kappa shape index (κ3) is 4.60. The van der Waals surface area contributed by atoms with Gasteiger partial charge in [-0.3, -0.25) is 4.79 Å². The molecular formula is C20H19F3N4O. The molecular weight excluding hydrogens is 369 g/mol. The second-order valence-electron chi connectivity index (χ2n) is 6.76. The Balaban J connectivity index is 1.77. The van der Waals surface area contributed by atoms with E-state index in [-0.39, 0.29) is 11.3 Å². The molecule has 0 atom stereocenters. The van der Waals surface area contributed by atoms with E-state index < -0.39 is 23.2 Å². The van der Waals surface area contributed by atoms with Crippen molar-refractivity contribution >= 4 is 17.4 Å². The zero-order valence-electron chi connectivity index (χ0n) is 15.0. The number of hydrogen-bond donors (Lipinski definition) is 2. The van der Waals surface area contributed by atoms with Crippen molar-refractivity contribution in [3.63, 3.8) is 0 Å². The molecule has 1 aromatic heterocycles. The molecule has 0 aliphatic heterocycles. The van der Waals surface area contributed by atoms with Crippen LogP contribution < -0.4 is 10.6 Å². The summed E-state index contributed by atoms with van der Waals surface area (Å²) in [6.45, 7) is 0.701. The van der Waals surface area contributed by atoms with Crippen LogP contribution >= 0.6 is 0 Å². The van der Waals surface area contributed by atoms with E-state index in [4.69, 9.17) is 5.26 Å². The molecule has 1 aliphatic rings. The molecule has 1 aromatic carbocycles. The number of carbonyl (C=O) groups is 1. The molecule has 1 amide bonds. The first-order valence-electron chi connectivity index (χ1n) is 9.00. The van der Waals surface area contributed by atoms with Gasteiger partial charge in [0, 0.05) is 18.4 Å². The molecule has 2 N–H and O–H groups in total. The topological polar surface area (TPSA) is 77.8 Å². The van der Waals surface area contributed by atoms with Gasteiger partial charge >= 0.3 is 6.18 Å². The first kappa shape index (κ1) is 19.7. The van der Waals surface area contributed by atoms with Crippen LogP contribution in [0.25, 0.3) is 0 Å². The number of alkyl halides is 3. The van der Waals surface area contributed by atoms with Crippen molar-refractivity contribution in [1.29, 1.82) is 5.26 Å². The Morgan fingerprint density at radius 2 is 2.00 bits per heavy atom. The lowest BCUT2D eigenvalue weighted by Gasteiger charge is -2.15. The molecule has 0 spiro atoms. The van der Waals surface area contributed by atoms with Gasteiger partial charge in [0.05, 0.1) is 22.8 Å². The van der Waals surface area contributed by atoms with Crippen LogP contribution in [-0.2, 0) is 6.18 Å². The van der Waals surface area contributed by atoms with E-state index >= 15 is 0 Å². The number of benzene rings is 1. The molecule has 1 saturated carbocycles. The number of halogens is 3. The van der Waals surface area contributed by atoms with Crippen LogP contribution in [0.4, 0.5) is 24.7 Å². The average molecular weight is 388 g/mol. The molecule has 28 heavy (non-hydrogen) atoms. The summed E-state index contributed by atoms with van der Waals surface area (Å²) in [6, 6.07) is 7.75. The van der Waals surface area contributed by atoms with Gasteiger partial charge in [-0.25, -0.2) is 4.98 Å². The molecule has 1 fully saturated rings. The first-order valence-corrected chi connectivity index (χ1v) is 9.00. The molecule has 8 heteroatoms. The van der Waals surface area contributed by atoms with Crippen molar-refractivity contribution in [3.8, 4) is 6.07 Å². The fourth-order valence-electron chi connectivity index (χ4n) is 3.34. The summed E-state index contributed by atoms with van der Waals surface area (Å²) in [5.74, 6) is 0.363. The number of amides is 1. The molecule has 0 unspecified atom stereocenters. The molecule has 3 rings (SSSR count). The van der Waals surface area contributed by atoms with Gasteiger partial charge in [0.1, 0.15) is 5.82 Å². The van der Waals surface area contributed by atoms with E-state index in [2.05, 4.69) is 15.6 Å². The monoisotopic (exact) mass is 388 g/mol. The standard InChI is InChI=1S/C20H19F3N4O/c21-20(22,23)17-10-15(8-7-14(17)11-24)27-19(28)16-6-3-9-25-18(16)26-12-13-4-1-2-5-13/h3,6-10,13H,1-2,4-5,12H2,(H,25,26)(H,27,28). The molecule has 0 radical (unpaired) electrons. The third-order valence-electron chi connectivity index (χ3n) is 4.79. The summed E-state index contributed by atoms with van der Waals surface area (Å²) < 4.78 is 39.3. The van der Waals surface area contributed by atoms with E-state index in [0.29, 0.717) is 18.3 Å². The number of hydrogen-bond acceptors (Lipinski definition) is 4. The van der Waals surface area contributed by atoms with Gasteiger partial charge in [-0.1, -0.05) is 12.8 Å². The van der Waals surface area contributed by atoms with E-state index in [0.717, 1.165) is 25.0 Å². The quantitative estimate of drug-likeness (QED) is 0.769. The maximum absolute atomic E-state index is 13.1. The number of anilines is 2. The number of pyridine rings is 1. The summed E-state index contributed by atoms with van der Waals surface area (Å²) >= 11 is 0. The van der Waals surface area contributed by atoms with E-state index in [1.807, 2.05) is 0 Å². The predicted octanol–water partition coefficient (Wildman–Crippen LogP) is 4.83. The lowest BCUT2D eigenvalue weighted by atomic mass is 10.1. The summed E-state index contributed by atoms with van der Waals surface area (Å²) in [6.07, 6.45) is 1.52. The Hall–Kier alpha value is -3.08. The third-order valence-corrected chi connectivity index (χ3v) is 4.79. The highest BCUT2D eigenvalue weighted by molar-refractivity contribution is 6.07. The summed E-state index contributed by atoms with van der Waals surface area (Å²) in [5, 5.41) is 14.5. The molecule has 1 aliphatic carbocycles. The Morgan fingerprint density at radius 3 is 2.68 bits per heavy atom. The number of carbonyl (C=O) groups excluding carboxylic acids is 1. The number of rotatable bonds is 5. The second-order valence-corrected chi connectivity index (χ2v) is 6.76. The van der Waals surface area contributed by atoms with Gasteiger partial charge in [0.2, 0.25) is 0 Å². The van der Waals surface area contributed by atoms with Crippen LogP contribution in [0.1, 0.15) is 47.2 Å². The van der Waals surface area contributed by atoms with E-state index in [1.54, 1.807) is 18.3 Å². The molecule has 2 aromatic rings. The van der Waals surface area contributed by atoms with Crippen LogP contribution in [0.3, 0.4) is 0 Å². The fourth-order valence-corrected chi connectivity index (χ4v) is 3.34. The van der Waals surface area contributed by atoms with Gasteiger partial charge in [0.15, 0.2) is 0 Å². The Labute approximate surface area is 160 Å². The zero-order chi connectivity index (χ0) is 20.1. The summed E-state index contributed by atoms with van der Waals surface area (Å²) in [4.78, 5) is 16.8. The number of nitrogens with zero attached hydrogens (tertiary/aromatic N) is 2. The van der Waals surface area contributed by atoms with Crippen molar-refractivity contribution in [1.82, 2.24) is 4.98 Å². The highest BCUT2D eigenvalue weighted by Gasteiger charge is 2.34. The van der Waals surface area contributed by atoms with Gasteiger partial charge < -0.3 is 10.6 Å². The zero-order valence-corrected chi connectivity index (χ0v) is 15.0. The van der Waals surface area contributed by atoms with Gasteiger partial charge in [-0.15, -0.1) is 0 Å². The normalized spacial score (nSPS) is 14.5. The molecule has 1 heterocycles. The highest BCUT2D eigenvalue weighted by Crippen LogP contribution is 2.33. The van der Waals surface area contributed by atoms with Gasteiger partial charge in [-0.05, 0) is 49.1 Å². The van der Waals surface area contributed by atoms with Crippen LogP contribution in [0.15, 0.2) is 36.5 Å². The Kier molecular flexibility index (Phi) is 5.83. The van der Waals surface area contributed by atoms with Crippen LogP contribution in [0.2, 0.25) is 0 Å². The minimum Gasteiger partial charge on any atom is -0.369 e. The molecule has 5 nitrogen and oxygen atoms in total. The van der Waals surface area contributed by atoms with Gasteiger partial charge in [-0.2, -0.15) is 18.4 Å². The Morgan fingerprint density at radius 1 is 1.25 bits per heavy atom. The lowest BCUT2D eigenvalue weighted by Crippen LogP contribution is -2.19. The SMILES string of the molecule is N#Cc1ccc(NC(=O)c2cccnc2NCC2CCCC2)cc1C(F)(F)F. The van der Waals surface area contributed by atoms with Crippen LogP contribution in [0, 0.1) is 17.2 Å². The van der Waals surface area contributed by atoms with Crippen molar-refractivity contribution in [3.05, 3.63) is 53.2 Å². The Bertz CT molecular complexity index is 899. The minimum absolute atomic E-state index is 0.0399. The molecule has 0 saturated heterocycles. The lowest BCUT2D eigenvalue weighted by molar-refractivity contribution is -0.137. The predicted molar refractivity (Wildman–Crippen MR) is 98.8 cm³/mol. The summed E-state index contributed by atoms with van der Waals surface area (Å²) in [7, 11) is 0. The number of nitriles is 1. The average Bonchev–Trinajstić information content (AvgIpc) is 3.19. The highest BCUT2D eigenvalue weighted by atomic mass is 19.4. The molecule has 146 valence electrons. The smallest absolute Gasteiger partial charge is 0.369 e.